The molecule has 2 rings (SSSR count). The zero-order valence-corrected chi connectivity index (χ0v) is 10.2. The Morgan fingerprint density at radius 1 is 1.41 bits per heavy atom. The van der Waals surface area contributed by atoms with E-state index in [1.807, 2.05) is 6.07 Å². The van der Waals surface area contributed by atoms with Gasteiger partial charge in [-0.15, -0.1) is 0 Å². The van der Waals surface area contributed by atoms with Crippen LogP contribution in [0.2, 0.25) is 0 Å². The van der Waals surface area contributed by atoms with Crippen molar-refractivity contribution in [2.24, 2.45) is 5.92 Å². The Hall–Kier alpha value is -1.09. The van der Waals surface area contributed by atoms with Gasteiger partial charge in [-0.2, -0.15) is 0 Å². The molecule has 0 heterocycles. The number of halogens is 1. The first-order valence-corrected chi connectivity index (χ1v) is 6.24. The number of aliphatic hydroxyl groups excluding tert-OH is 1. The van der Waals surface area contributed by atoms with Gasteiger partial charge in [0, 0.05) is 6.07 Å². The number of rotatable bonds is 5. The number of hydrogen-bond donors (Lipinski definition) is 1. The second-order valence-corrected chi connectivity index (χ2v) is 4.96. The summed E-state index contributed by atoms with van der Waals surface area (Å²) in [6.45, 7) is 2.37. The number of benzene rings is 1. The summed E-state index contributed by atoms with van der Waals surface area (Å²) in [5, 5.41) is 9.29. The summed E-state index contributed by atoms with van der Waals surface area (Å²) in [6.07, 6.45) is 3.71. The molecule has 1 aliphatic carbocycles. The van der Waals surface area contributed by atoms with Gasteiger partial charge in [-0.1, -0.05) is 6.42 Å². The first-order chi connectivity index (χ1) is 8.13. The van der Waals surface area contributed by atoms with Gasteiger partial charge in [0.25, 0.3) is 0 Å². The Labute approximate surface area is 101 Å². The van der Waals surface area contributed by atoms with Crippen LogP contribution in [0.4, 0.5) is 4.39 Å². The highest BCUT2D eigenvalue weighted by atomic mass is 19.1. The average Bonchev–Trinajstić information content (AvgIpc) is 2.12. The highest BCUT2D eigenvalue weighted by Crippen LogP contribution is 2.27. The number of ether oxygens (including phenoxy) is 1. The fourth-order valence-corrected chi connectivity index (χ4v) is 2.04. The Kier molecular flexibility index (Phi) is 4.00. The first-order valence-electron chi connectivity index (χ1n) is 6.24. The van der Waals surface area contributed by atoms with Crippen molar-refractivity contribution in [1.82, 2.24) is 0 Å². The molecule has 1 unspecified atom stereocenters. The second kappa shape index (κ2) is 5.50. The van der Waals surface area contributed by atoms with Crippen LogP contribution in [0.25, 0.3) is 0 Å². The molecule has 1 aromatic rings. The van der Waals surface area contributed by atoms with Gasteiger partial charge in [0.05, 0.1) is 12.7 Å². The molecule has 0 spiro atoms. The van der Waals surface area contributed by atoms with Crippen molar-refractivity contribution < 1.29 is 14.2 Å². The van der Waals surface area contributed by atoms with Gasteiger partial charge in [0.1, 0.15) is 11.6 Å². The Morgan fingerprint density at radius 2 is 2.18 bits per heavy atom. The summed E-state index contributed by atoms with van der Waals surface area (Å²) in [4.78, 5) is 0. The van der Waals surface area contributed by atoms with Crippen LogP contribution in [0.3, 0.4) is 0 Å². The molecule has 0 bridgehead atoms. The summed E-state index contributed by atoms with van der Waals surface area (Å²) in [5.74, 6) is 0.915. The highest BCUT2D eigenvalue weighted by molar-refractivity contribution is 5.30. The molecule has 1 fully saturated rings. The average molecular weight is 238 g/mol. The predicted molar refractivity (Wildman–Crippen MR) is 64.6 cm³/mol. The maximum atomic E-state index is 13.3. The minimum atomic E-state index is -0.462. The van der Waals surface area contributed by atoms with E-state index < -0.39 is 6.10 Å². The minimum absolute atomic E-state index is 0.299. The van der Waals surface area contributed by atoms with Crippen molar-refractivity contribution in [3.63, 3.8) is 0 Å². The van der Waals surface area contributed by atoms with E-state index >= 15 is 0 Å². The molecule has 0 saturated heterocycles. The maximum absolute atomic E-state index is 13.3. The molecule has 2 nitrogen and oxygen atoms in total. The lowest BCUT2D eigenvalue weighted by atomic mass is 9.86. The van der Waals surface area contributed by atoms with Crippen molar-refractivity contribution in [1.29, 1.82) is 0 Å². The van der Waals surface area contributed by atoms with Crippen LogP contribution in [-0.2, 0) is 6.42 Å². The van der Waals surface area contributed by atoms with E-state index in [9.17, 15) is 9.50 Å². The van der Waals surface area contributed by atoms with Gasteiger partial charge < -0.3 is 9.84 Å². The zero-order valence-electron chi connectivity index (χ0n) is 10.2. The van der Waals surface area contributed by atoms with Crippen LogP contribution >= 0.6 is 0 Å². The highest BCUT2D eigenvalue weighted by Gasteiger charge is 2.18. The molecule has 1 saturated carbocycles. The largest absolute Gasteiger partial charge is 0.493 e. The summed E-state index contributed by atoms with van der Waals surface area (Å²) in [5.41, 5.74) is 0.781. The van der Waals surface area contributed by atoms with E-state index in [1.165, 1.54) is 31.4 Å². The van der Waals surface area contributed by atoms with E-state index in [1.54, 1.807) is 6.92 Å². The van der Waals surface area contributed by atoms with Gasteiger partial charge >= 0.3 is 0 Å². The van der Waals surface area contributed by atoms with Crippen molar-refractivity contribution in [2.75, 3.05) is 6.61 Å². The molecule has 1 aromatic carbocycles. The lowest BCUT2D eigenvalue weighted by Crippen LogP contribution is -2.19. The fraction of sp³-hybridized carbons (Fsp3) is 0.571. The van der Waals surface area contributed by atoms with E-state index in [2.05, 4.69) is 0 Å². The monoisotopic (exact) mass is 238 g/mol. The van der Waals surface area contributed by atoms with Crippen LogP contribution in [-0.4, -0.2) is 17.8 Å². The Bertz CT molecular complexity index is 372. The summed E-state index contributed by atoms with van der Waals surface area (Å²) in [6, 6.07) is 4.67. The molecule has 0 aliphatic heterocycles. The van der Waals surface area contributed by atoms with Crippen LogP contribution in [0.1, 0.15) is 31.7 Å². The van der Waals surface area contributed by atoms with Gasteiger partial charge in [-0.05, 0) is 49.8 Å². The third-order valence-corrected chi connectivity index (χ3v) is 3.17. The molecular weight excluding hydrogens is 219 g/mol. The number of hydrogen-bond acceptors (Lipinski definition) is 2. The van der Waals surface area contributed by atoms with Gasteiger partial charge in [-0.25, -0.2) is 4.39 Å². The minimum Gasteiger partial charge on any atom is -0.493 e. The van der Waals surface area contributed by atoms with Crippen LogP contribution in [0, 0.1) is 11.7 Å². The fourth-order valence-electron chi connectivity index (χ4n) is 2.04. The normalized spacial score (nSPS) is 17.6. The third-order valence-electron chi connectivity index (χ3n) is 3.17. The molecule has 17 heavy (non-hydrogen) atoms. The van der Waals surface area contributed by atoms with Crippen LogP contribution in [0.15, 0.2) is 18.2 Å². The van der Waals surface area contributed by atoms with E-state index in [0.29, 0.717) is 24.7 Å². The second-order valence-electron chi connectivity index (χ2n) is 4.96. The Balaban J connectivity index is 1.97. The number of aliphatic hydroxyl groups is 1. The molecule has 1 N–H and O–H groups in total. The standard InChI is InChI=1S/C14H19FO2/c1-10(16)5-12-6-13(15)8-14(7-12)17-9-11-3-2-4-11/h6-8,10-11,16H,2-5,9H2,1H3. The summed E-state index contributed by atoms with van der Waals surface area (Å²) in [7, 11) is 0. The maximum Gasteiger partial charge on any atom is 0.127 e. The molecule has 0 radical (unpaired) electrons. The van der Waals surface area contributed by atoms with E-state index in [4.69, 9.17) is 4.74 Å². The van der Waals surface area contributed by atoms with E-state index in [0.717, 1.165) is 5.56 Å². The van der Waals surface area contributed by atoms with Crippen molar-refractivity contribution in [3.8, 4) is 5.75 Å². The van der Waals surface area contributed by atoms with E-state index in [-0.39, 0.29) is 5.82 Å². The van der Waals surface area contributed by atoms with Crippen molar-refractivity contribution >= 4 is 0 Å². The van der Waals surface area contributed by atoms with Crippen LogP contribution in [0.5, 0.6) is 5.75 Å². The molecular formula is C14H19FO2. The van der Waals surface area contributed by atoms with Gasteiger partial charge in [0.15, 0.2) is 0 Å². The summed E-state index contributed by atoms with van der Waals surface area (Å²) >= 11 is 0. The molecule has 1 aliphatic rings. The SMILES string of the molecule is CC(O)Cc1cc(F)cc(OCC2CCC2)c1. The molecule has 0 aromatic heterocycles. The zero-order chi connectivity index (χ0) is 12.3. The van der Waals surface area contributed by atoms with Gasteiger partial charge in [0.2, 0.25) is 0 Å². The topological polar surface area (TPSA) is 29.5 Å². The lowest BCUT2D eigenvalue weighted by Gasteiger charge is -2.25. The molecule has 94 valence electrons. The molecule has 0 amide bonds. The van der Waals surface area contributed by atoms with Gasteiger partial charge in [-0.3, -0.25) is 0 Å². The molecule has 3 heteroatoms. The van der Waals surface area contributed by atoms with Crippen molar-refractivity contribution in [3.05, 3.63) is 29.6 Å². The lowest BCUT2D eigenvalue weighted by molar-refractivity contribution is 0.179. The van der Waals surface area contributed by atoms with Crippen molar-refractivity contribution in [2.45, 2.75) is 38.7 Å². The smallest absolute Gasteiger partial charge is 0.127 e. The Morgan fingerprint density at radius 3 is 2.76 bits per heavy atom. The first kappa shape index (κ1) is 12.4. The molecule has 1 atom stereocenters. The predicted octanol–water partition coefficient (Wildman–Crippen LogP) is 2.93. The third kappa shape index (κ3) is 3.70. The van der Waals surface area contributed by atoms with Crippen LogP contribution < -0.4 is 4.74 Å². The quantitative estimate of drug-likeness (QED) is 0.854. The summed E-state index contributed by atoms with van der Waals surface area (Å²) < 4.78 is 18.9.